The van der Waals surface area contributed by atoms with Gasteiger partial charge in [-0.2, -0.15) is 5.10 Å². The topological polar surface area (TPSA) is 42.7 Å². The molecule has 0 aliphatic carbocycles. The third-order valence-electron chi connectivity index (χ3n) is 2.78. The van der Waals surface area contributed by atoms with Crippen molar-refractivity contribution >= 4 is 11.8 Å². The smallest absolute Gasteiger partial charge is 0.185 e. The van der Waals surface area contributed by atoms with Gasteiger partial charge in [0.25, 0.3) is 0 Å². The zero-order chi connectivity index (χ0) is 10.5. The summed E-state index contributed by atoms with van der Waals surface area (Å²) in [6.07, 6.45) is 6.90. The highest BCUT2D eigenvalue weighted by Gasteiger charge is 2.12. The van der Waals surface area contributed by atoms with E-state index in [9.17, 15) is 0 Å². The molecule has 1 unspecified atom stereocenters. The minimum atomic E-state index is 0.722. The first-order chi connectivity index (χ1) is 7.36. The molecule has 4 nitrogen and oxygen atoms in total. The summed E-state index contributed by atoms with van der Waals surface area (Å²) < 4.78 is 1.83. The van der Waals surface area contributed by atoms with E-state index in [-0.39, 0.29) is 0 Å². The van der Waals surface area contributed by atoms with Crippen LogP contribution in [-0.4, -0.2) is 33.1 Å². The van der Waals surface area contributed by atoms with Gasteiger partial charge in [-0.3, -0.25) is 0 Å². The first-order valence-corrected chi connectivity index (χ1v) is 6.55. The summed E-state index contributed by atoms with van der Waals surface area (Å²) in [6, 6.07) is 0.722. The van der Waals surface area contributed by atoms with Crippen molar-refractivity contribution < 1.29 is 0 Å². The molecule has 15 heavy (non-hydrogen) atoms. The van der Waals surface area contributed by atoms with Gasteiger partial charge in [-0.05, 0) is 25.8 Å². The summed E-state index contributed by atoms with van der Waals surface area (Å²) in [5.41, 5.74) is 0. The van der Waals surface area contributed by atoms with Gasteiger partial charge in [0.2, 0.25) is 0 Å². The number of piperidine rings is 1. The molecule has 1 aliphatic rings. The van der Waals surface area contributed by atoms with Gasteiger partial charge in [-0.1, -0.05) is 18.2 Å². The van der Waals surface area contributed by atoms with Crippen LogP contribution in [0.1, 0.15) is 25.7 Å². The Morgan fingerprint density at radius 2 is 2.53 bits per heavy atom. The van der Waals surface area contributed by atoms with Crippen molar-refractivity contribution in [3.05, 3.63) is 6.33 Å². The quantitative estimate of drug-likeness (QED) is 0.789. The van der Waals surface area contributed by atoms with Crippen LogP contribution in [0.2, 0.25) is 0 Å². The second-order valence-corrected chi connectivity index (χ2v) is 5.01. The second kappa shape index (κ2) is 5.51. The summed E-state index contributed by atoms with van der Waals surface area (Å²) >= 11 is 1.80. The maximum Gasteiger partial charge on any atom is 0.185 e. The van der Waals surface area contributed by atoms with Crippen LogP contribution >= 0.6 is 11.8 Å². The summed E-state index contributed by atoms with van der Waals surface area (Å²) in [5, 5.41) is 8.63. The van der Waals surface area contributed by atoms with Crippen molar-refractivity contribution in [3.63, 3.8) is 0 Å². The fourth-order valence-electron chi connectivity index (χ4n) is 1.88. The third-order valence-corrected chi connectivity index (χ3v) is 3.85. The molecule has 0 saturated carbocycles. The number of hydrogen-bond acceptors (Lipinski definition) is 4. The van der Waals surface area contributed by atoms with E-state index in [4.69, 9.17) is 0 Å². The zero-order valence-corrected chi connectivity index (χ0v) is 9.96. The van der Waals surface area contributed by atoms with E-state index in [1.165, 1.54) is 32.2 Å². The number of nitrogens with zero attached hydrogens (tertiary/aromatic N) is 3. The SMILES string of the molecule is Cn1ncnc1SCCC1CCCCN1. The molecule has 1 aromatic heterocycles. The number of aromatic nitrogens is 3. The molecule has 0 spiro atoms. The van der Waals surface area contributed by atoms with E-state index in [2.05, 4.69) is 15.4 Å². The van der Waals surface area contributed by atoms with Crippen molar-refractivity contribution in [3.8, 4) is 0 Å². The van der Waals surface area contributed by atoms with Crippen LogP contribution in [0.3, 0.4) is 0 Å². The highest BCUT2D eigenvalue weighted by molar-refractivity contribution is 7.99. The van der Waals surface area contributed by atoms with Crippen LogP contribution in [0.5, 0.6) is 0 Å². The van der Waals surface area contributed by atoms with Crippen molar-refractivity contribution in [2.45, 2.75) is 36.9 Å². The van der Waals surface area contributed by atoms with E-state index < -0.39 is 0 Å². The zero-order valence-electron chi connectivity index (χ0n) is 9.15. The Bertz CT molecular complexity index is 293. The molecule has 1 aromatic rings. The van der Waals surface area contributed by atoms with Gasteiger partial charge in [0.15, 0.2) is 5.16 Å². The first-order valence-electron chi connectivity index (χ1n) is 5.56. The number of thioether (sulfide) groups is 1. The molecule has 0 aromatic carbocycles. The van der Waals surface area contributed by atoms with Gasteiger partial charge < -0.3 is 5.32 Å². The number of hydrogen-bond donors (Lipinski definition) is 1. The third kappa shape index (κ3) is 3.21. The molecule has 0 bridgehead atoms. The van der Waals surface area contributed by atoms with Crippen LogP contribution < -0.4 is 5.32 Å². The number of aryl methyl sites for hydroxylation is 1. The summed E-state index contributed by atoms with van der Waals surface area (Å²) in [7, 11) is 1.94. The van der Waals surface area contributed by atoms with Crippen molar-refractivity contribution in [1.82, 2.24) is 20.1 Å². The molecule has 0 radical (unpaired) electrons. The van der Waals surface area contributed by atoms with Gasteiger partial charge >= 0.3 is 0 Å². The molecule has 5 heteroatoms. The Morgan fingerprint density at radius 1 is 1.60 bits per heavy atom. The number of nitrogens with one attached hydrogen (secondary N) is 1. The fraction of sp³-hybridized carbons (Fsp3) is 0.800. The van der Waals surface area contributed by atoms with Gasteiger partial charge in [0, 0.05) is 18.8 Å². The standard InChI is InChI=1S/C10H18N4S/c1-14-10(12-8-13-14)15-7-5-9-4-2-3-6-11-9/h8-9,11H,2-7H2,1H3. The largest absolute Gasteiger partial charge is 0.314 e. The minimum absolute atomic E-state index is 0.722. The Hall–Kier alpha value is -0.550. The fourth-order valence-corrected chi connectivity index (χ4v) is 2.82. The lowest BCUT2D eigenvalue weighted by atomic mass is 10.0. The van der Waals surface area contributed by atoms with Gasteiger partial charge in [0.05, 0.1) is 0 Å². The second-order valence-electron chi connectivity index (χ2n) is 3.95. The Balaban J connectivity index is 1.68. The van der Waals surface area contributed by atoms with Gasteiger partial charge in [-0.15, -0.1) is 0 Å². The molecule has 1 atom stereocenters. The molecular weight excluding hydrogens is 208 g/mol. The lowest BCUT2D eigenvalue weighted by molar-refractivity contribution is 0.394. The van der Waals surface area contributed by atoms with Crippen molar-refractivity contribution in [2.75, 3.05) is 12.3 Å². The average Bonchev–Trinajstić information content (AvgIpc) is 2.66. The molecule has 1 saturated heterocycles. The van der Waals surface area contributed by atoms with E-state index in [0.717, 1.165) is 17.0 Å². The van der Waals surface area contributed by atoms with Gasteiger partial charge in [0.1, 0.15) is 6.33 Å². The molecule has 84 valence electrons. The molecule has 2 heterocycles. The maximum absolute atomic E-state index is 4.19. The summed E-state index contributed by atoms with van der Waals surface area (Å²) in [6.45, 7) is 1.19. The summed E-state index contributed by atoms with van der Waals surface area (Å²) in [4.78, 5) is 4.19. The highest BCUT2D eigenvalue weighted by Crippen LogP contribution is 2.18. The molecule has 1 fully saturated rings. The normalized spacial score (nSPS) is 21.8. The van der Waals surface area contributed by atoms with E-state index in [1.807, 2.05) is 11.7 Å². The molecule has 1 N–H and O–H groups in total. The van der Waals surface area contributed by atoms with Crippen LogP contribution in [0.4, 0.5) is 0 Å². The van der Waals surface area contributed by atoms with Crippen LogP contribution in [0.25, 0.3) is 0 Å². The Kier molecular flexibility index (Phi) is 4.02. The first kappa shape index (κ1) is 11.0. The van der Waals surface area contributed by atoms with Crippen LogP contribution in [0.15, 0.2) is 11.5 Å². The number of rotatable bonds is 4. The lowest BCUT2D eigenvalue weighted by Gasteiger charge is -2.22. The summed E-state index contributed by atoms with van der Waals surface area (Å²) in [5.74, 6) is 1.13. The molecule has 1 aliphatic heterocycles. The van der Waals surface area contributed by atoms with E-state index in [1.54, 1.807) is 18.1 Å². The molecular formula is C10H18N4S. The predicted octanol–water partition coefficient (Wildman–Crippen LogP) is 1.44. The Morgan fingerprint density at radius 3 is 3.20 bits per heavy atom. The minimum Gasteiger partial charge on any atom is -0.314 e. The van der Waals surface area contributed by atoms with E-state index >= 15 is 0 Å². The highest BCUT2D eigenvalue weighted by atomic mass is 32.2. The Labute approximate surface area is 94.8 Å². The molecule has 0 amide bonds. The monoisotopic (exact) mass is 226 g/mol. The van der Waals surface area contributed by atoms with Crippen molar-refractivity contribution in [2.24, 2.45) is 7.05 Å². The average molecular weight is 226 g/mol. The molecule has 2 rings (SSSR count). The maximum atomic E-state index is 4.19. The lowest BCUT2D eigenvalue weighted by Crippen LogP contribution is -2.34. The van der Waals surface area contributed by atoms with Gasteiger partial charge in [-0.25, -0.2) is 9.67 Å². The van der Waals surface area contributed by atoms with Crippen LogP contribution in [0, 0.1) is 0 Å². The van der Waals surface area contributed by atoms with Crippen LogP contribution in [-0.2, 0) is 7.05 Å². The van der Waals surface area contributed by atoms with E-state index in [0.29, 0.717) is 0 Å². The predicted molar refractivity (Wildman–Crippen MR) is 62.0 cm³/mol. The van der Waals surface area contributed by atoms with Crippen molar-refractivity contribution in [1.29, 1.82) is 0 Å².